The molecule has 0 saturated carbocycles. The Kier molecular flexibility index (Phi) is 4.29. The zero-order valence-corrected chi connectivity index (χ0v) is 11.3. The number of halogens is 6. The highest BCUT2D eigenvalue weighted by molar-refractivity contribution is 6.09. The van der Waals surface area contributed by atoms with Crippen molar-refractivity contribution in [2.75, 3.05) is 0 Å². The van der Waals surface area contributed by atoms with Gasteiger partial charge in [-0.05, 0) is 36.4 Å². The summed E-state index contributed by atoms with van der Waals surface area (Å²) < 4.78 is 76.2. The summed E-state index contributed by atoms with van der Waals surface area (Å²) in [5, 5.41) is 0. The molecule has 0 fully saturated rings. The molecule has 0 atom stereocenters. The molecular weight excluding hydrogens is 322 g/mol. The van der Waals surface area contributed by atoms with Gasteiger partial charge in [0.2, 0.25) is 0 Å². The number of benzene rings is 2. The van der Waals surface area contributed by atoms with Gasteiger partial charge in [0, 0.05) is 0 Å². The second-order valence-corrected chi connectivity index (χ2v) is 4.61. The van der Waals surface area contributed by atoms with E-state index in [9.17, 15) is 26.3 Å². The number of alkyl halides is 6. The van der Waals surface area contributed by atoms with Crippen molar-refractivity contribution in [3.63, 3.8) is 0 Å². The molecule has 2 rings (SSSR count). The fourth-order valence-electron chi connectivity index (χ4n) is 1.97. The normalized spacial score (nSPS) is 11.9. The zero-order valence-electron chi connectivity index (χ0n) is 11.3. The van der Waals surface area contributed by atoms with Crippen LogP contribution in [0, 0.1) is 0 Å². The van der Waals surface area contributed by atoms with Crippen molar-refractivity contribution in [2.45, 2.75) is 12.4 Å². The first-order valence-corrected chi connectivity index (χ1v) is 6.20. The molecule has 120 valence electrons. The lowest BCUT2D eigenvalue weighted by molar-refractivity contribution is -0.138. The minimum Gasteiger partial charge on any atom is -0.361 e. The molecule has 0 heterocycles. The Balaban J connectivity index is 2.52. The monoisotopic (exact) mass is 330 g/mol. The van der Waals surface area contributed by atoms with Crippen molar-refractivity contribution in [3.8, 4) is 0 Å². The van der Waals surface area contributed by atoms with Crippen LogP contribution in [0.3, 0.4) is 0 Å². The van der Waals surface area contributed by atoms with E-state index in [1.807, 2.05) is 0 Å². The maximum atomic E-state index is 12.7. The smallest absolute Gasteiger partial charge is 0.361 e. The molecular formula is C15H8F6N2. The summed E-state index contributed by atoms with van der Waals surface area (Å²) in [5.41, 5.74) is 6.36. The highest BCUT2D eigenvalue weighted by Gasteiger charge is 2.33. The quantitative estimate of drug-likeness (QED) is 0.328. The highest BCUT2D eigenvalue weighted by atomic mass is 19.4. The van der Waals surface area contributed by atoms with Gasteiger partial charge in [-0.25, -0.2) is 0 Å². The summed E-state index contributed by atoms with van der Waals surface area (Å²) in [7, 11) is 0. The number of nitrogens with zero attached hydrogens (tertiary/aromatic N) is 2. The molecule has 0 aliphatic rings. The molecule has 2 aromatic rings. The first kappa shape index (κ1) is 16.8. The third kappa shape index (κ3) is 3.78. The van der Waals surface area contributed by atoms with Gasteiger partial charge in [-0.3, -0.25) is 0 Å². The van der Waals surface area contributed by atoms with Crippen LogP contribution in [0.4, 0.5) is 26.3 Å². The van der Waals surface area contributed by atoms with Crippen molar-refractivity contribution in [1.29, 1.82) is 0 Å². The Hall–Kier alpha value is -2.60. The van der Waals surface area contributed by atoms with E-state index >= 15 is 0 Å². The van der Waals surface area contributed by atoms with Crippen molar-refractivity contribution in [1.82, 2.24) is 0 Å². The average molecular weight is 330 g/mol. The van der Waals surface area contributed by atoms with Crippen molar-refractivity contribution >= 4 is 5.71 Å². The molecule has 0 saturated heterocycles. The van der Waals surface area contributed by atoms with E-state index < -0.39 is 23.5 Å². The van der Waals surface area contributed by atoms with Crippen LogP contribution in [-0.2, 0) is 12.4 Å². The predicted octanol–water partition coefficient (Wildman–Crippen LogP) is 4.79. The summed E-state index contributed by atoms with van der Waals surface area (Å²) in [4.78, 5) is 2.86. The van der Waals surface area contributed by atoms with Crippen LogP contribution in [-0.4, -0.2) is 10.5 Å². The van der Waals surface area contributed by atoms with Gasteiger partial charge in [-0.15, -0.1) is 0 Å². The molecule has 8 heteroatoms. The lowest BCUT2D eigenvalue weighted by Crippen LogP contribution is -2.11. The Morgan fingerprint density at radius 3 is 1.43 bits per heavy atom. The molecule has 0 aliphatic heterocycles. The fourth-order valence-corrected chi connectivity index (χ4v) is 1.97. The van der Waals surface area contributed by atoms with Crippen LogP contribution in [0.1, 0.15) is 22.3 Å². The largest absolute Gasteiger partial charge is 0.416 e. The van der Waals surface area contributed by atoms with Crippen LogP contribution in [0.5, 0.6) is 0 Å². The number of rotatable bonds is 2. The fraction of sp³-hybridized carbons (Fsp3) is 0.133. The third-order valence-corrected chi connectivity index (χ3v) is 3.03. The summed E-state index contributed by atoms with van der Waals surface area (Å²) in [5.74, 6) is 0. The van der Waals surface area contributed by atoms with Crippen LogP contribution in [0.2, 0.25) is 0 Å². The second-order valence-electron chi connectivity index (χ2n) is 4.61. The SMILES string of the molecule is [N-]=[N+]=C(c1cccc(C(F)(F)F)c1)c1cccc(C(F)(F)F)c1. The van der Waals surface area contributed by atoms with Gasteiger partial charge in [0.05, 0.1) is 22.3 Å². The van der Waals surface area contributed by atoms with Crippen LogP contribution >= 0.6 is 0 Å². The summed E-state index contributed by atoms with van der Waals surface area (Å²) in [6.45, 7) is 0. The number of hydrogen-bond acceptors (Lipinski definition) is 0. The minimum atomic E-state index is -4.62. The summed E-state index contributed by atoms with van der Waals surface area (Å²) in [6.07, 6.45) is -9.24. The summed E-state index contributed by atoms with van der Waals surface area (Å²) >= 11 is 0. The van der Waals surface area contributed by atoms with Crippen LogP contribution in [0.15, 0.2) is 48.5 Å². The molecule has 0 radical (unpaired) electrons. The molecule has 2 nitrogen and oxygen atoms in total. The molecule has 2 aromatic carbocycles. The van der Waals surface area contributed by atoms with Gasteiger partial charge in [0.1, 0.15) is 0 Å². The third-order valence-electron chi connectivity index (χ3n) is 3.03. The van der Waals surface area contributed by atoms with Crippen LogP contribution in [0.25, 0.3) is 5.53 Å². The Morgan fingerprint density at radius 2 is 1.13 bits per heavy atom. The van der Waals surface area contributed by atoms with E-state index in [-0.39, 0.29) is 16.8 Å². The van der Waals surface area contributed by atoms with E-state index in [2.05, 4.69) is 4.79 Å². The lowest BCUT2D eigenvalue weighted by Gasteiger charge is -2.08. The van der Waals surface area contributed by atoms with Crippen molar-refractivity contribution < 1.29 is 31.1 Å². The van der Waals surface area contributed by atoms with Gasteiger partial charge in [-0.1, -0.05) is 12.1 Å². The standard InChI is InChI=1S/C15H8F6N2/c16-14(17,18)11-5-1-3-9(7-11)13(23-22)10-4-2-6-12(8-10)15(19,20)21/h1-8H. The Bertz CT molecular complexity index is 711. The average Bonchev–Trinajstić information content (AvgIpc) is 2.47. The van der Waals surface area contributed by atoms with E-state index in [0.29, 0.717) is 12.1 Å². The van der Waals surface area contributed by atoms with Gasteiger partial charge >= 0.3 is 18.1 Å². The van der Waals surface area contributed by atoms with Gasteiger partial charge < -0.3 is 5.53 Å². The van der Waals surface area contributed by atoms with Gasteiger partial charge in [0.25, 0.3) is 0 Å². The molecule has 0 amide bonds. The first-order chi connectivity index (χ1) is 10.6. The Morgan fingerprint density at radius 1 is 0.739 bits per heavy atom. The molecule has 0 aliphatic carbocycles. The molecule has 23 heavy (non-hydrogen) atoms. The Labute approximate surface area is 126 Å². The van der Waals surface area contributed by atoms with E-state index in [4.69, 9.17) is 5.53 Å². The molecule has 0 bridgehead atoms. The molecule has 0 aromatic heterocycles. The molecule has 0 unspecified atom stereocenters. The van der Waals surface area contributed by atoms with Gasteiger partial charge in [-0.2, -0.15) is 31.1 Å². The van der Waals surface area contributed by atoms with Crippen molar-refractivity contribution in [2.24, 2.45) is 0 Å². The summed E-state index contributed by atoms with van der Waals surface area (Å²) in [6, 6.07) is 7.61. The second kappa shape index (κ2) is 5.89. The van der Waals surface area contributed by atoms with E-state index in [1.165, 1.54) is 12.1 Å². The maximum Gasteiger partial charge on any atom is 0.416 e. The minimum absolute atomic E-state index is 0.151. The van der Waals surface area contributed by atoms with Crippen LogP contribution < -0.4 is 0 Å². The van der Waals surface area contributed by atoms with E-state index in [1.54, 1.807) is 0 Å². The molecule has 0 N–H and O–H groups in total. The van der Waals surface area contributed by atoms with Crippen molar-refractivity contribution in [3.05, 3.63) is 76.3 Å². The highest BCUT2D eigenvalue weighted by Crippen LogP contribution is 2.31. The first-order valence-electron chi connectivity index (χ1n) is 6.20. The predicted molar refractivity (Wildman–Crippen MR) is 69.7 cm³/mol. The topological polar surface area (TPSA) is 36.4 Å². The molecule has 0 spiro atoms. The van der Waals surface area contributed by atoms with E-state index in [0.717, 1.165) is 24.3 Å². The number of hydrogen-bond donors (Lipinski definition) is 0. The van der Waals surface area contributed by atoms with Gasteiger partial charge in [0.15, 0.2) is 0 Å². The maximum absolute atomic E-state index is 12.7. The zero-order chi connectivity index (χ0) is 17.3. The lowest BCUT2D eigenvalue weighted by atomic mass is 9.99.